The maximum absolute atomic E-state index is 5.30. The van der Waals surface area contributed by atoms with Gasteiger partial charge in [0.05, 0.1) is 0 Å². The van der Waals surface area contributed by atoms with Crippen LogP contribution in [0.2, 0.25) is 0 Å². The largest absolute Gasteiger partial charge is 0.350 e. The second-order valence-electron chi connectivity index (χ2n) is 3.85. The fraction of sp³-hybridized carbons (Fsp3) is 1.00. The van der Waals surface area contributed by atoms with Crippen molar-refractivity contribution >= 4 is 0 Å². The van der Waals surface area contributed by atoms with E-state index in [0.29, 0.717) is 0 Å². The first kappa shape index (κ1) is 11.3. The van der Waals surface area contributed by atoms with Crippen LogP contribution >= 0.6 is 0 Å². The van der Waals surface area contributed by atoms with Crippen LogP contribution in [-0.2, 0) is 24.3 Å². The van der Waals surface area contributed by atoms with E-state index in [1.807, 2.05) is 0 Å². The highest BCUT2D eigenvalue weighted by Gasteiger charge is 2.19. The third-order valence-corrected chi connectivity index (χ3v) is 2.57. The van der Waals surface area contributed by atoms with Crippen LogP contribution in [0.3, 0.4) is 0 Å². The smallest absolute Gasteiger partial charge is 0.194 e. The summed E-state index contributed by atoms with van der Waals surface area (Å²) >= 11 is 0. The number of hydrogen-bond donors (Lipinski definition) is 0. The molecule has 0 saturated carbocycles. The maximum Gasteiger partial charge on any atom is 0.194 e. The van der Waals surface area contributed by atoms with Crippen LogP contribution in [0.25, 0.3) is 0 Å². The monoisotopic (exact) mass is 218 g/mol. The molecule has 2 aliphatic heterocycles. The zero-order valence-corrected chi connectivity index (χ0v) is 8.85. The van der Waals surface area contributed by atoms with Gasteiger partial charge in [0, 0.05) is 26.1 Å². The first-order valence-corrected chi connectivity index (χ1v) is 5.67. The molecule has 88 valence electrons. The summed E-state index contributed by atoms with van der Waals surface area (Å²) in [4.78, 5) is 9.92. The van der Waals surface area contributed by atoms with Gasteiger partial charge < -0.3 is 9.47 Å². The van der Waals surface area contributed by atoms with Gasteiger partial charge >= 0.3 is 0 Å². The minimum Gasteiger partial charge on any atom is -0.350 e. The Bertz CT molecular complexity index is 145. The highest BCUT2D eigenvalue weighted by Crippen LogP contribution is 2.17. The number of rotatable bonds is 4. The second kappa shape index (κ2) is 6.40. The van der Waals surface area contributed by atoms with Gasteiger partial charge in [0.15, 0.2) is 12.6 Å². The van der Waals surface area contributed by atoms with Gasteiger partial charge in [-0.2, -0.15) is 9.78 Å². The van der Waals surface area contributed by atoms with Crippen molar-refractivity contribution in [1.82, 2.24) is 0 Å². The molecule has 0 spiro atoms. The van der Waals surface area contributed by atoms with Crippen LogP contribution in [0.1, 0.15) is 38.5 Å². The highest BCUT2D eigenvalue weighted by molar-refractivity contribution is 4.52. The van der Waals surface area contributed by atoms with Crippen molar-refractivity contribution in [3.05, 3.63) is 0 Å². The van der Waals surface area contributed by atoms with E-state index >= 15 is 0 Å². The Labute approximate surface area is 89.4 Å². The molecule has 2 rings (SSSR count). The summed E-state index contributed by atoms with van der Waals surface area (Å²) in [5, 5.41) is 4.66. The Hall–Kier alpha value is -0.200. The number of hydrogen-bond acceptors (Lipinski definition) is 5. The van der Waals surface area contributed by atoms with Gasteiger partial charge in [-0.1, -0.05) is 5.04 Å². The second-order valence-corrected chi connectivity index (χ2v) is 3.85. The van der Waals surface area contributed by atoms with Crippen molar-refractivity contribution < 1.29 is 24.3 Å². The van der Waals surface area contributed by atoms with E-state index in [4.69, 9.17) is 19.2 Å². The van der Waals surface area contributed by atoms with Gasteiger partial charge in [-0.25, -0.2) is 0 Å². The summed E-state index contributed by atoms with van der Waals surface area (Å²) in [5.74, 6) is 0. The van der Waals surface area contributed by atoms with Crippen molar-refractivity contribution in [1.29, 1.82) is 0 Å². The lowest BCUT2D eigenvalue weighted by Gasteiger charge is -2.23. The number of ether oxygens (including phenoxy) is 2. The molecule has 0 amide bonds. The summed E-state index contributed by atoms with van der Waals surface area (Å²) in [7, 11) is 0. The highest BCUT2D eigenvalue weighted by atomic mass is 17.5. The van der Waals surface area contributed by atoms with Gasteiger partial charge in [-0.15, -0.1) is 0 Å². The summed E-state index contributed by atoms with van der Waals surface area (Å²) in [6, 6.07) is 0. The van der Waals surface area contributed by atoms with E-state index in [-0.39, 0.29) is 12.6 Å². The molecule has 0 aromatic heterocycles. The molecule has 15 heavy (non-hydrogen) atoms. The normalized spacial score (nSPS) is 32.8. The van der Waals surface area contributed by atoms with Crippen LogP contribution in [0.4, 0.5) is 0 Å². The topological polar surface area (TPSA) is 46.2 Å². The van der Waals surface area contributed by atoms with Gasteiger partial charge in [0.2, 0.25) is 0 Å². The standard InChI is InChI=1S/C10H18O5/c1-3-7-11-9(5-1)13-15-14-10-6-2-4-8-12-10/h9-10H,1-8H2. The van der Waals surface area contributed by atoms with E-state index in [9.17, 15) is 0 Å². The first-order valence-electron chi connectivity index (χ1n) is 5.67. The lowest BCUT2D eigenvalue weighted by atomic mass is 10.2. The van der Waals surface area contributed by atoms with Crippen molar-refractivity contribution in [2.24, 2.45) is 0 Å². The van der Waals surface area contributed by atoms with Gasteiger partial charge in [0.1, 0.15) is 0 Å². The van der Waals surface area contributed by atoms with Crippen molar-refractivity contribution in [3.63, 3.8) is 0 Å². The lowest BCUT2D eigenvalue weighted by Crippen LogP contribution is -2.26. The zero-order valence-electron chi connectivity index (χ0n) is 8.85. The molecule has 0 radical (unpaired) electrons. The SMILES string of the molecule is C1CCC(OOOC2CCCCO2)OC1. The molecule has 0 aromatic carbocycles. The maximum atomic E-state index is 5.30. The van der Waals surface area contributed by atoms with Crippen LogP contribution in [-0.4, -0.2) is 25.8 Å². The molecule has 5 nitrogen and oxygen atoms in total. The fourth-order valence-electron chi connectivity index (χ4n) is 1.68. The Kier molecular flexibility index (Phi) is 4.82. The first-order chi connectivity index (χ1) is 7.45. The molecule has 2 heterocycles. The van der Waals surface area contributed by atoms with Crippen LogP contribution in [0, 0.1) is 0 Å². The zero-order chi connectivity index (χ0) is 10.3. The molecule has 0 aliphatic carbocycles. The average molecular weight is 218 g/mol. The average Bonchev–Trinajstić information content (AvgIpc) is 2.32. The minimum absolute atomic E-state index is 0.289. The van der Waals surface area contributed by atoms with Crippen molar-refractivity contribution in [2.75, 3.05) is 13.2 Å². The molecule has 2 saturated heterocycles. The molecular weight excluding hydrogens is 200 g/mol. The predicted molar refractivity (Wildman–Crippen MR) is 50.4 cm³/mol. The Balaban J connectivity index is 1.53. The molecule has 2 fully saturated rings. The van der Waals surface area contributed by atoms with Crippen molar-refractivity contribution in [3.8, 4) is 0 Å². The third-order valence-electron chi connectivity index (χ3n) is 2.57. The van der Waals surface area contributed by atoms with Crippen LogP contribution in [0.5, 0.6) is 0 Å². The molecule has 0 N–H and O–H groups in total. The van der Waals surface area contributed by atoms with Gasteiger partial charge in [-0.3, -0.25) is 0 Å². The van der Waals surface area contributed by atoms with E-state index in [1.165, 1.54) is 0 Å². The summed E-state index contributed by atoms with van der Waals surface area (Å²) in [5.41, 5.74) is 0. The van der Waals surface area contributed by atoms with E-state index < -0.39 is 0 Å². The Morgan fingerprint density at radius 2 is 1.27 bits per heavy atom. The molecule has 2 atom stereocenters. The van der Waals surface area contributed by atoms with Crippen LogP contribution in [0.15, 0.2) is 0 Å². The molecule has 2 unspecified atom stereocenters. The Morgan fingerprint density at radius 3 is 1.67 bits per heavy atom. The predicted octanol–water partition coefficient (Wildman–Crippen LogP) is 1.92. The molecule has 5 heteroatoms. The summed E-state index contributed by atoms with van der Waals surface area (Å²) in [6.07, 6.45) is 5.52. The van der Waals surface area contributed by atoms with Gasteiger partial charge in [-0.05, 0) is 25.7 Å². The quantitative estimate of drug-likeness (QED) is 0.533. The van der Waals surface area contributed by atoms with E-state index in [0.717, 1.165) is 51.7 Å². The van der Waals surface area contributed by atoms with Crippen LogP contribution < -0.4 is 0 Å². The fourth-order valence-corrected chi connectivity index (χ4v) is 1.68. The molecule has 2 aliphatic rings. The third kappa shape index (κ3) is 4.04. The molecule has 0 bridgehead atoms. The molecular formula is C10H18O5. The minimum atomic E-state index is -0.289. The van der Waals surface area contributed by atoms with Crippen molar-refractivity contribution in [2.45, 2.75) is 51.1 Å². The summed E-state index contributed by atoms with van der Waals surface area (Å²) in [6.45, 7) is 1.46. The Morgan fingerprint density at radius 1 is 0.733 bits per heavy atom. The lowest BCUT2D eigenvalue weighted by molar-refractivity contribution is -0.578. The van der Waals surface area contributed by atoms with E-state index in [1.54, 1.807) is 0 Å². The van der Waals surface area contributed by atoms with E-state index in [2.05, 4.69) is 5.04 Å². The molecule has 0 aromatic rings. The summed E-state index contributed by atoms with van der Waals surface area (Å²) < 4.78 is 10.6. The van der Waals surface area contributed by atoms with Gasteiger partial charge in [0.25, 0.3) is 0 Å².